The molecular formula is C26H24N2O3S. The summed E-state index contributed by atoms with van der Waals surface area (Å²) in [4.78, 5) is 32.6. The number of benzene rings is 2. The Kier molecular flexibility index (Phi) is 4.31. The summed E-state index contributed by atoms with van der Waals surface area (Å²) in [5.41, 5.74) is 3.58. The molecule has 162 valence electrons. The zero-order valence-corrected chi connectivity index (χ0v) is 18.8. The van der Waals surface area contributed by atoms with Crippen molar-refractivity contribution in [1.82, 2.24) is 9.88 Å². The molecule has 1 unspecified atom stereocenters. The second kappa shape index (κ2) is 7.01. The lowest BCUT2D eigenvalue weighted by molar-refractivity contribution is -0.134. The highest BCUT2D eigenvalue weighted by Crippen LogP contribution is 2.52. The molecule has 0 radical (unpaired) electrons. The number of hydrogen-bond acceptors (Lipinski definition) is 5. The van der Waals surface area contributed by atoms with E-state index in [4.69, 9.17) is 4.74 Å². The Bertz CT molecular complexity index is 1230. The molecule has 2 fully saturated rings. The van der Waals surface area contributed by atoms with Crippen molar-refractivity contribution in [1.29, 1.82) is 0 Å². The third-order valence-electron chi connectivity index (χ3n) is 7.19. The average molecular weight is 445 g/mol. The van der Waals surface area contributed by atoms with Crippen LogP contribution in [0.3, 0.4) is 0 Å². The van der Waals surface area contributed by atoms with Crippen LogP contribution in [0.2, 0.25) is 0 Å². The molecule has 2 aliphatic heterocycles. The second-order valence-electron chi connectivity index (χ2n) is 9.05. The number of carbonyl (C=O) groups is 2. The largest absolute Gasteiger partial charge is 0.449 e. The zero-order chi connectivity index (χ0) is 21.9. The van der Waals surface area contributed by atoms with Crippen molar-refractivity contribution >= 4 is 23.2 Å². The Hall–Kier alpha value is -2.99. The van der Waals surface area contributed by atoms with Crippen molar-refractivity contribution in [2.45, 2.75) is 43.6 Å². The first kappa shape index (κ1) is 19.7. The topological polar surface area (TPSA) is 59.5 Å². The van der Waals surface area contributed by atoms with Crippen molar-refractivity contribution in [3.05, 3.63) is 75.6 Å². The fraction of sp³-hybridized carbons (Fsp3) is 0.346. The van der Waals surface area contributed by atoms with Gasteiger partial charge < -0.3 is 9.64 Å². The van der Waals surface area contributed by atoms with Gasteiger partial charge in [0.05, 0.1) is 28.2 Å². The van der Waals surface area contributed by atoms with Gasteiger partial charge >= 0.3 is 5.97 Å². The molecule has 3 heterocycles. The quantitative estimate of drug-likeness (QED) is 0.547. The van der Waals surface area contributed by atoms with Gasteiger partial charge in [-0.15, -0.1) is 11.3 Å². The third kappa shape index (κ3) is 2.85. The molecule has 0 bridgehead atoms. The molecule has 1 saturated heterocycles. The summed E-state index contributed by atoms with van der Waals surface area (Å²) in [5.74, 6) is -0.121. The maximum absolute atomic E-state index is 13.6. The summed E-state index contributed by atoms with van der Waals surface area (Å²) in [6, 6.07) is 15.9. The lowest BCUT2D eigenvalue weighted by atomic mass is 9.91. The number of fused-ring (bicyclic) bond motifs is 2. The van der Waals surface area contributed by atoms with Crippen LogP contribution in [0.15, 0.2) is 53.9 Å². The molecule has 1 spiro atoms. The molecule has 1 saturated carbocycles. The van der Waals surface area contributed by atoms with Crippen LogP contribution in [0.25, 0.3) is 11.3 Å². The molecule has 3 aromatic rings. The smallest absolute Gasteiger partial charge is 0.339 e. The van der Waals surface area contributed by atoms with Gasteiger partial charge in [-0.25, -0.2) is 9.78 Å². The number of ether oxygens (including phenoxy) is 1. The number of carbonyl (C=O) groups excluding carboxylic acids is 2. The van der Waals surface area contributed by atoms with Crippen LogP contribution in [0.5, 0.6) is 0 Å². The third-order valence-corrected chi connectivity index (χ3v) is 8.18. The minimum atomic E-state index is -0.690. The Balaban J connectivity index is 1.23. The summed E-state index contributed by atoms with van der Waals surface area (Å²) >= 11 is 1.68. The summed E-state index contributed by atoms with van der Waals surface area (Å²) in [6.45, 7) is 3.16. The average Bonchev–Trinajstić information content (AvgIpc) is 3.18. The summed E-state index contributed by atoms with van der Waals surface area (Å²) in [6.07, 6.45) is 3.32. The molecule has 5 nitrogen and oxygen atoms in total. The van der Waals surface area contributed by atoms with Gasteiger partial charge in [-0.2, -0.15) is 0 Å². The number of nitrogens with zero attached hydrogens (tertiary/aromatic N) is 2. The molecule has 1 atom stereocenters. The standard InChI is InChI=1S/C26H24N2O3S/c1-2-22-27-21(15-32-22)17-7-9-18(10-8-17)25(11-12-25)24(30)28-14-13-26(16-28)20-6-4-3-5-19(20)23(29)31-26/h3-10,15H,2,11-14,16H2,1H3. The molecular weight excluding hydrogens is 420 g/mol. The van der Waals surface area contributed by atoms with E-state index in [0.717, 1.165) is 46.7 Å². The summed E-state index contributed by atoms with van der Waals surface area (Å²) in [7, 11) is 0. The number of esters is 1. The first-order valence-electron chi connectivity index (χ1n) is 11.2. The van der Waals surface area contributed by atoms with E-state index >= 15 is 0 Å². The number of aryl methyl sites for hydroxylation is 1. The van der Waals surface area contributed by atoms with E-state index in [1.54, 1.807) is 11.3 Å². The van der Waals surface area contributed by atoms with E-state index in [9.17, 15) is 9.59 Å². The molecule has 32 heavy (non-hydrogen) atoms. The molecule has 2 aromatic carbocycles. The Morgan fingerprint density at radius 3 is 2.62 bits per heavy atom. The lowest BCUT2D eigenvalue weighted by Gasteiger charge is -2.27. The number of rotatable bonds is 4. The second-order valence-corrected chi connectivity index (χ2v) is 9.99. The fourth-order valence-electron chi connectivity index (χ4n) is 5.22. The van der Waals surface area contributed by atoms with Gasteiger partial charge in [-0.1, -0.05) is 49.4 Å². The monoisotopic (exact) mass is 444 g/mol. The number of likely N-dealkylation sites (tertiary alicyclic amines) is 1. The summed E-state index contributed by atoms with van der Waals surface area (Å²) in [5, 5.41) is 3.23. The van der Waals surface area contributed by atoms with Crippen LogP contribution in [0, 0.1) is 0 Å². The number of amides is 1. The molecule has 0 N–H and O–H groups in total. The first-order chi connectivity index (χ1) is 15.5. The molecule has 1 aliphatic carbocycles. The number of thiazole rings is 1. The van der Waals surface area contributed by atoms with Crippen molar-refractivity contribution < 1.29 is 14.3 Å². The number of hydrogen-bond donors (Lipinski definition) is 0. The van der Waals surface area contributed by atoms with Gasteiger partial charge in [0.2, 0.25) is 5.91 Å². The van der Waals surface area contributed by atoms with Crippen LogP contribution < -0.4 is 0 Å². The van der Waals surface area contributed by atoms with Gasteiger partial charge in [0, 0.05) is 29.5 Å². The zero-order valence-electron chi connectivity index (χ0n) is 18.0. The molecule has 1 amide bonds. The van der Waals surface area contributed by atoms with Crippen LogP contribution in [0.1, 0.15) is 52.7 Å². The van der Waals surface area contributed by atoms with E-state index < -0.39 is 11.0 Å². The fourth-order valence-corrected chi connectivity index (χ4v) is 5.98. The van der Waals surface area contributed by atoms with Crippen molar-refractivity contribution in [2.75, 3.05) is 13.1 Å². The van der Waals surface area contributed by atoms with Crippen molar-refractivity contribution in [2.24, 2.45) is 0 Å². The molecule has 3 aliphatic rings. The Morgan fingerprint density at radius 2 is 1.91 bits per heavy atom. The maximum atomic E-state index is 13.6. The highest BCUT2D eigenvalue weighted by molar-refractivity contribution is 7.09. The molecule has 6 rings (SSSR count). The van der Waals surface area contributed by atoms with Gasteiger partial charge in [0.25, 0.3) is 0 Å². The minimum Gasteiger partial charge on any atom is -0.449 e. The van der Waals surface area contributed by atoms with E-state index in [0.29, 0.717) is 25.1 Å². The van der Waals surface area contributed by atoms with Crippen LogP contribution in [-0.4, -0.2) is 34.8 Å². The Labute approximate surface area is 191 Å². The highest BCUT2D eigenvalue weighted by Gasteiger charge is 2.57. The van der Waals surface area contributed by atoms with Crippen molar-refractivity contribution in [3.63, 3.8) is 0 Å². The number of aromatic nitrogens is 1. The van der Waals surface area contributed by atoms with Crippen LogP contribution in [0.4, 0.5) is 0 Å². The van der Waals surface area contributed by atoms with Crippen molar-refractivity contribution in [3.8, 4) is 11.3 Å². The minimum absolute atomic E-state index is 0.157. The van der Waals surface area contributed by atoms with E-state index in [1.807, 2.05) is 29.2 Å². The highest BCUT2D eigenvalue weighted by atomic mass is 32.1. The van der Waals surface area contributed by atoms with Gasteiger partial charge in [0.15, 0.2) is 5.60 Å². The molecule has 6 heteroatoms. The Morgan fingerprint density at radius 1 is 1.12 bits per heavy atom. The van der Waals surface area contributed by atoms with Gasteiger partial charge in [-0.05, 0) is 30.9 Å². The maximum Gasteiger partial charge on any atom is 0.339 e. The predicted octanol–water partition coefficient (Wildman–Crippen LogP) is 4.70. The van der Waals surface area contributed by atoms with Gasteiger partial charge in [0.1, 0.15) is 0 Å². The lowest BCUT2D eigenvalue weighted by Crippen LogP contribution is -2.40. The summed E-state index contributed by atoms with van der Waals surface area (Å²) < 4.78 is 5.84. The van der Waals surface area contributed by atoms with Gasteiger partial charge in [-0.3, -0.25) is 4.79 Å². The van der Waals surface area contributed by atoms with E-state index in [2.05, 4.69) is 41.6 Å². The predicted molar refractivity (Wildman–Crippen MR) is 123 cm³/mol. The first-order valence-corrected chi connectivity index (χ1v) is 12.1. The van der Waals surface area contributed by atoms with E-state index in [-0.39, 0.29) is 11.9 Å². The SMILES string of the molecule is CCc1nc(-c2ccc(C3(C(=O)N4CCC5(C4)OC(=O)c4ccccc45)CC3)cc2)cs1. The van der Waals surface area contributed by atoms with Crippen LogP contribution in [-0.2, 0) is 27.0 Å². The van der Waals surface area contributed by atoms with Crippen LogP contribution >= 0.6 is 11.3 Å². The van der Waals surface area contributed by atoms with E-state index in [1.165, 1.54) is 0 Å². The normalized spacial score (nSPS) is 22.8. The molecule has 1 aromatic heterocycles.